The van der Waals surface area contributed by atoms with Gasteiger partial charge in [-0.3, -0.25) is 0 Å². The van der Waals surface area contributed by atoms with E-state index in [0.29, 0.717) is 17.3 Å². The van der Waals surface area contributed by atoms with Gasteiger partial charge in [0.25, 0.3) is 0 Å². The highest BCUT2D eigenvalue weighted by Gasteiger charge is 2.09. The van der Waals surface area contributed by atoms with Crippen molar-refractivity contribution in [3.63, 3.8) is 0 Å². The van der Waals surface area contributed by atoms with Gasteiger partial charge in [-0.05, 0) is 18.2 Å². The summed E-state index contributed by atoms with van der Waals surface area (Å²) in [7, 11) is 0. The second kappa shape index (κ2) is 4.83. The van der Waals surface area contributed by atoms with E-state index in [0.717, 1.165) is 0 Å². The van der Waals surface area contributed by atoms with Crippen LogP contribution in [-0.4, -0.2) is 29.3 Å². The molecule has 0 aliphatic heterocycles. The molecule has 14 heavy (non-hydrogen) atoms. The van der Waals surface area contributed by atoms with Crippen molar-refractivity contribution in [2.45, 2.75) is 0 Å². The van der Waals surface area contributed by atoms with Gasteiger partial charge < -0.3 is 15.5 Å². The van der Waals surface area contributed by atoms with Gasteiger partial charge in [-0.15, -0.1) is 0 Å². The smallest absolute Gasteiger partial charge is 0.337 e. The first-order valence-corrected chi connectivity index (χ1v) is 4.40. The van der Waals surface area contributed by atoms with Crippen LogP contribution in [-0.2, 0) is 0 Å². The molecule has 0 heterocycles. The number of carboxylic acids is 1. The highest BCUT2D eigenvalue weighted by molar-refractivity contribution is 6.31. The molecule has 0 atom stereocenters. The Balaban J connectivity index is 2.96. The second-order valence-corrected chi connectivity index (χ2v) is 3.08. The molecule has 0 unspecified atom stereocenters. The van der Waals surface area contributed by atoms with Gasteiger partial charge in [-0.1, -0.05) is 11.6 Å². The first kappa shape index (κ1) is 10.8. The number of carbonyl (C=O) groups is 1. The molecule has 0 aromatic heterocycles. The van der Waals surface area contributed by atoms with Crippen LogP contribution in [0.15, 0.2) is 18.2 Å². The molecule has 0 radical (unpaired) electrons. The molecule has 5 heteroatoms. The van der Waals surface area contributed by atoms with E-state index in [2.05, 4.69) is 5.32 Å². The highest BCUT2D eigenvalue weighted by atomic mass is 35.5. The molecule has 1 aromatic carbocycles. The topological polar surface area (TPSA) is 69.6 Å². The summed E-state index contributed by atoms with van der Waals surface area (Å²) in [6.45, 7) is 0.254. The minimum absolute atomic E-state index is 0.0539. The molecule has 0 spiro atoms. The van der Waals surface area contributed by atoms with Crippen molar-refractivity contribution in [3.05, 3.63) is 28.8 Å². The summed E-state index contributed by atoms with van der Waals surface area (Å²) in [5.74, 6) is -1.05. The molecule has 0 aliphatic rings. The van der Waals surface area contributed by atoms with Crippen LogP contribution in [0, 0.1) is 0 Å². The van der Waals surface area contributed by atoms with Crippen molar-refractivity contribution < 1.29 is 15.0 Å². The molecule has 0 bridgehead atoms. The van der Waals surface area contributed by atoms with E-state index in [9.17, 15) is 4.79 Å². The molecule has 76 valence electrons. The SMILES string of the molecule is O=C(O)c1cc(Cl)ccc1NCCO. The number of halogens is 1. The molecule has 1 rings (SSSR count). The van der Waals surface area contributed by atoms with Gasteiger partial charge in [0.15, 0.2) is 0 Å². The number of anilines is 1. The molecule has 3 N–H and O–H groups in total. The fourth-order valence-corrected chi connectivity index (χ4v) is 1.21. The molecular weight excluding hydrogens is 206 g/mol. The van der Waals surface area contributed by atoms with Crippen molar-refractivity contribution in [1.29, 1.82) is 0 Å². The van der Waals surface area contributed by atoms with Crippen LogP contribution in [0.2, 0.25) is 5.02 Å². The van der Waals surface area contributed by atoms with Crippen molar-refractivity contribution in [3.8, 4) is 0 Å². The molecule has 1 aromatic rings. The fraction of sp³-hybridized carbons (Fsp3) is 0.222. The van der Waals surface area contributed by atoms with Gasteiger partial charge >= 0.3 is 5.97 Å². The van der Waals surface area contributed by atoms with E-state index < -0.39 is 5.97 Å². The van der Waals surface area contributed by atoms with Crippen molar-refractivity contribution in [2.24, 2.45) is 0 Å². The van der Waals surface area contributed by atoms with Crippen LogP contribution in [0.25, 0.3) is 0 Å². The van der Waals surface area contributed by atoms with E-state index >= 15 is 0 Å². The van der Waals surface area contributed by atoms with Gasteiger partial charge in [0.1, 0.15) is 0 Å². The predicted molar refractivity (Wildman–Crippen MR) is 54.0 cm³/mol. The minimum atomic E-state index is -1.05. The molecule has 4 nitrogen and oxygen atoms in total. The molecular formula is C9H10ClNO3. The maximum Gasteiger partial charge on any atom is 0.337 e. The van der Waals surface area contributed by atoms with E-state index in [1.165, 1.54) is 6.07 Å². The van der Waals surface area contributed by atoms with Gasteiger partial charge in [-0.2, -0.15) is 0 Å². The number of hydrogen-bond donors (Lipinski definition) is 3. The normalized spacial score (nSPS) is 9.86. The zero-order valence-electron chi connectivity index (χ0n) is 7.33. The summed E-state index contributed by atoms with van der Waals surface area (Å²) in [6.07, 6.45) is 0. The Labute approximate surface area is 86.1 Å². The Morgan fingerprint density at radius 2 is 2.21 bits per heavy atom. The van der Waals surface area contributed by atoms with E-state index in [4.69, 9.17) is 21.8 Å². The Morgan fingerprint density at radius 1 is 1.50 bits per heavy atom. The Kier molecular flexibility index (Phi) is 3.73. The van der Waals surface area contributed by atoms with Gasteiger partial charge in [0, 0.05) is 17.3 Å². The van der Waals surface area contributed by atoms with Gasteiger partial charge in [-0.25, -0.2) is 4.79 Å². The van der Waals surface area contributed by atoms with Crippen LogP contribution < -0.4 is 5.32 Å². The van der Waals surface area contributed by atoms with Crippen LogP contribution in [0.3, 0.4) is 0 Å². The van der Waals surface area contributed by atoms with Crippen LogP contribution in [0.4, 0.5) is 5.69 Å². The number of nitrogens with one attached hydrogen (secondary N) is 1. The summed E-state index contributed by atoms with van der Waals surface area (Å²) in [6, 6.07) is 4.53. The first-order valence-electron chi connectivity index (χ1n) is 4.02. The Morgan fingerprint density at radius 3 is 2.79 bits per heavy atom. The zero-order chi connectivity index (χ0) is 10.6. The van der Waals surface area contributed by atoms with E-state index in [1.54, 1.807) is 12.1 Å². The third-order valence-electron chi connectivity index (χ3n) is 1.64. The Hall–Kier alpha value is -1.26. The number of rotatable bonds is 4. The number of hydrogen-bond acceptors (Lipinski definition) is 3. The Bertz CT molecular complexity index is 341. The third-order valence-corrected chi connectivity index (χ3v) is 1.87. The van der Waals surface area contributed by atoms with Crippen LogP contribution in [0.1, 0.15) is 10.4 Å². The lowest BCUT2D eigenvalue weighted by molar-refractivity contribution is 0.0698. The van der Waals surface area contributed by atoms with E-state index in [1.807, 2.05) is 0 Å². The van der Waals surface area contributed by atoms with Crippen molar-refractivity contribution in [2.75, 3.05) is 18.5 Å². The predicted octanol–water partition coefficient (Wildman–Crippen LogP) is 1.44. The van der Waals surface area contributed by atoms with E-state index in [-0.39, 0.29) is 12.2 Å². The maximum absolute atomic E-state index is 10.8. The lowest BCUT2D eigenvalue weighted by Crippen LogP contribution is -2.09. The molecule has 0 fully saturated rings. The molecule has 0 aliphatic carbocycles. The number of benzene rings is 1. The standard InChI is InChI=1S/C9H10ClNO3/c10-6-1-2-8(11-3-4-12)7(5-6)9(13)14/h1-2,5,11-12H,3-4H2,(H,13,14). The monoisotopic (exact) mass is 215 g/mol. The average Bonchev–Trinajstić information content (AvgIpc) is 2.15. The highest BCUT2D eigenvalue weighted by Crippen LogP contribution is 2.20. The maximum atomic E-state index is 10.8. The molecule has 0 saturated heterocycles. The lowest BCUT2D eigenvalue weighted by Gasteiger charge is -2.08. The first-order chi connectivity index (χ1) is 6.65. The second-order valence-electron chi connectivity index (χ2n) is 2.65. The zero-order valence-corrected chi connectivity index (χ0v) is 8.08. The van der Waals surface area contributed by atoms with Crippen LogP contribution >= 0.6 is 11.6 Å². The number of aliphatic hydroxyl groups is 1. The molecule has 0 saturated carbocycles. The van der Waals surface area contributed by atoms with Crippen LogP contribution in [0.5, 0.6) is 0 Å². The van der Waals surface area contributed by atoms with Crippen molar-refractivity contribution >= 4 is 23.3 Å². The van der Waals surface area contributed by atoms with Gasteiger partial charge in [0.2, 0.25) is 0 Å². The summed E-state index contributed by atoms with van der Waals surface area (Å²) in [4.78, 5) is 10.8. The largest absolute Gasteiger partial charge is 0.478 e. The quantitative estimate of drug-likeness (QED) is 0.711. The van der Waals surface area contributed by atoms with Crippen molar-refractivity contribution in [1.82, 2.24) is 0 Å². The fourth-order valence-electron chi connectivity index (χ4n) is 1.04. The number of aliphatic hydroxyl groups excluding tert-OH is 1. The minimum Gasteiger partial charge on any atom is -0.478 e. The van der Waals surface area contributed by atoms with Gasteiger partial charge in [0.05, 0.1) is 12.2 Å². The summed E-state index contributed by atoms with van der Waals surface area (Å²) < 4.78 is 0. The average molecular weight is 216 g/mol. The summed E-state index contributed by atoms with van der Waals surface area (Å²) in [5.41, 5.74) is 0.557. The summed E-state index contributed by atoms with van der Waals surface area (Å²) in [5, 5.41) is 20.6. The molecule has 0 amide bonds. The third kappa shape index (κ3) is 2.61. The number of aromatic carboxylic acids is 1. The number of carboxylic acid groups (broad SMARTS) is 1. The summed E-state index contributed by atoms with van der Waals surface area (Å²) >= 11 is 5.65. The lowest BCUT2D eigenvalue weighted by atomic mass is 10.2.